The SMILES string of the molecule is CC(C)(C)OC(=O)Nc1sc(-c2c(F)cccc2F)nc1C(=O)Nc1cnn(C2CC2)c1N1CCCCCC1. The second-order valence-corrected chi connectivity index (χ2v) is 11.8. The molecule has 2 aromatic heterocycles. The quantitative estimate of drug-likeness (QED) is 0.354. The van der Waals surface area contributed by atoms with Gasteiger partial charge in [0.05, 0.1) is 17.8 Å². The van der Waals surface area contributed by atoms with Crippen molar-refractivity contribution in [2.24, 2.45) is 0 Å². The third kappa shape index (κ3) is 6.21. The van der Waals surface area contributed by atoms with Gasteiger partial charge in [-0.2, -0.15) is 5.10 Å². The number of hydrogen-bond acceptors (Lipinski definition) is 7. The van der Waals surface area contributed by atoms with Crippen LogP contribution < -0.4 is 15.5 Å². The van der Waals surface area contributed by atoms with E-state index in [4.69, 9.17) is 4.74 Å². The molecule has 1 aliphatic heterocycles. The number of carbonyl (C=O) groups is 2. The van der Waals surface area contributed by atoms with E-state index in [1.165, 1.54) is 6.07 Å². The number of nitrogens with zero attached hydrogens (tertiary/aromatic N) is 4. The van der Waals surface area contributed by atoms with Crippen LogP contribution in [0.2, 0.25) is 0 Å². The van der Waals surface area contributed by atoms with Gasteiger partial charge >= 0.3 is 6.09 Å². The predicted molar refractivity (Wildman–Crippen MR) is 146 cm³/mol. The fourth-order valence-electron chi connectivity index (χ4n) is 4.57. The summed E-state index contributed by atoms with van der Waals surface area (Å²) >= 11 is 0.794. The van der Waals surface area contributed by atoms with Gasteiger partial charge in [0.25, 0.3) is 5.91 Å². The van der Waals surface area contributed by atoms with Crippen LogP contribution in [0.3, 0.4) is 0 Å². The maximum absolute atomic E-state index is 14.6. The Labute approximate surface area is 229 Å². The zero-order chi connectivity index (χ0) is 27.7. The molecule has 1 saturated heterocycles. The van der Waals surface area contributed by atoms with Crippen molar-refractivity contribution in [2.75, 3.05) is 28.6 Å². The highest BCUT2D eigenvalue weighted by Crippen LogP contribution is 2.42. The number of rotatable bonds is 6. The molecule has 1 saturated carbocycles. The first-order valence-electron chi connectivity index (χ1n) is 13.2. The molecule has 2 fully saturated rings. The van der Waals surface area contributed by atoms with Gasteiger partial charge in [0.1, 0.15) is 32.9 Å². The molecule has 2 N–H and O–H groups in total. The number of anilines is 3. The molecule has 0 bridgehead atoms. The number of carbonyl (C=O) groups excluding carboxylic acids is 2. The van der Waals surface area contributed by atoms with Gasteiger partial charge in [-0.05, 0) is 58.6 Å². The Balaban J connectivity index is 1.49. The molecule has 0 atom stereocenters. The predicted octanol–water partition coefficient (Wildman–Crippen LogP) is 6.60. The summed E-state index contributed by atoms with van der Waals surface area (Å²) in [5.41, 5.74) is -0.814. The summed E-state index contributed by atoms with van der Waals surface area (Å²) in [7, 11) is 0. The highest BCUT2D eigenvalue weighted by Gasteiger charge is 2.32. The number of thiazole rings is 1. The van der Waals surface area contributed by atoms with Crippen molar-refractivity contribution >= 4 is 39.8 Å². The van der Waals surface area contributed by atoms with E-state index in [0.29, 0.717) is 11.7 Å². The van der Waals surface area contributed by atoms with Crippen molar-refractivity contribution in [3.63, 3.8) is 0 Å². The number of aromatic nitrogens is 3. The van der Waals surface area contributed by atoms with Crippen LogP contribution in [0.1, 0.15) is 75.8 Å². The fourth-order valence-corrected chi connectivity index (χ4v) is 5.57. The van der Waals surface area contributed by atoms with E-state index in [2.05, 4.69) is 25.6 Å². The van der Waals surface area contributed by atoms with Gasteiger partial charge in [-0.15, -0.1) is 0 Å². The average Bonchev–Trinajstić information content (AvgIpc) is 3.57. The minimum Gasteiger partial charge on any atom is -0.444 e. The molecular formula is C27H32F2N6O3S. The number of hydrogen-bond donors (Lipinski definition) is 2. The minimum atomic E-state index is -0.825. The zero-order valence-corrected chi connectivity index (χ0v) is 23.0. The van der Waals surface area contributed by atoms with Crippen molar-refractivity contribution in [2.45, 2.75) is 70.9 Å². The number of benzene rings is 1. The van der Waals surface area contributed by atoms with Gasteiger partial charge < -0.3 is 15.0 Å². The number of amides is 2. The Bertz CT molecular complexity index is 1350. The highest BCUT2D eigenvalue weighted by molar-refractivity contribution is 7.19. The summed E-state index contributed by atoms with van der Waals surface area (Å²) in [5.74, 6) is -1.43. The molecule has 5 rings (SSSR count). The first kappa shape index (κ1) is 27.0. The molecular weight excluding hydrogens is 526 g/mol. The van der Waals surface area contributed by atoms with E-state index in [1.807, 2.05) is 4.68 Å². The Morgan fingerprint density at radius 3 is 2.33 bits per heavy atom. The van der Waals surface area contributed by atoms with E-state index in [1.54, 1.807) is 27.0 Å². The van der Waals surface area contributed by atoms with Crippen molar-refractivity contribution in [1.29, 1.82) is 0 Å². The first-order chi connectivity index (χ1) is 18.6. The molecule has 3 heterocycles. The first-order valence-corrected chi connectivity index (χ1v) is 14.0. The lowest BCUT2D eigenvalue weighted by molar-refractivity contribution is 0.0636. The number of nitrogens with one attached hydrogen (secondary N) is 2. The van der Waals surface area contributed by atoms with Crippen molar-refractivity contribution in [3.05, 3.63) is 41.7 Å². The lowest BCUT2D eigenvalue weighted by Crippen LogP contribution is -2.28. The highest BCUT2D eigenvalue weighted by atomic mass is 32.1. The van der Waals surface area contributed by atoms with Crippen molar-refractivity contribution in [3.8, 4) is 10.6 Å². The molecule has 208 valence electrons. The number of ether oxygens (including phenoxy) is 1. The topological polar surface area (TPSA) is 101 Å². The van der Waals surface area contributed by atoms with E-state index in [0.717, 1.165) is 80.9 Å². The fraction of sp³-hybridized carbons (Fsp3) is 0.481. The summed E-state index contributed by atoms with van der Waals surface area (Å²) in [6.45, 7) is 6.83. The molecule has 9 nitrogen and oxygen atoms in total. The summed E-state index contributed by atoms with van der Waals surface area (Å²) < 4.78 is 36.5. The maximum atomic E-state index is 14.6. The zero-order valence-electron chi connectivity index (χ0n) is 22.2. The van der Waals surface area contributed by atoms with E-state index < -0.39 is 29.2 Å². The summed E-state index contributed by atoms with van der Waals surface area (Å²) in [4.78, 5) is 32.7. The lowest BCUT2D eigenvalue weighted by Gasteiger charge is -2.25. The normalized spacial score (nSPS) is 16.1. The van der Waals surface area contributed by atoms with Crippen LogP contribution in [0, 0.1) is 11.6 Å². The molecule has 0 unspecified atom stereocenters. The smallest absolute Gasteiger partial charge is 0.412 e. The van der Waals surface area contributed by atoms with E-state index in [-0.39, 0.29) is 21.3 Å². The van der Waals surface area contributed by atoms with Crippen LogP contribution in [-0.4, -0.2) is 45.5 Å². The van der Waals surface area contributed by atoms with Gasteiger partial charge in [-0.1, -0.05) is 30.2 Å². The molecule has 1 aliphatic carbocycles. The summed E-state index contributed by atoms with van der Waals surface area (Å²) in [6, 6.07) is 3.77. The second-order valence-electron chi connectivity index (χ2n) is 10.8. The van der Waals surface area contributed by atoms with E-state index >= 15 is 0 Å². The Morgan fingerprint density at radius 1 is 1.05 bits per heavy atom. The molecule has 2 amide bonds. The van der Waals surface area contributed by atoms with Crippen LogP contribution in [0.25, 0.3) is 10.6 Å². The number of halogens is 2. The molecule has 3 aromatic rings. The van der Waals surface area contributed by atoms with Crippen LogP contribution in [-0.2, 0) is 4.74 Å². The summed E-state index contributed by atoms with van der Waals surface area (Å²) in [5, 5.41) is 9.95. The monoisotopic (exact) mass is 558 g/mol. The third-order valence-electron chi connectivity index (χ3n) is 6.45. The van der Waals surface area contributed by atoms with Crippen LogP contribution in [0.5, 0.6) is 0 Å². The van der Waals surface area contributed by atoms with Gasteiger partial charge in [0.2, 0.25) is 0 Å². The molecule has 1 aromatic carbocycles. The second kappa shape index (κ2) is 10.9. The molecule has 0 radical (unpaired) electrons. The van der Waals surface area contributed by atoms with Gasteiger partial charge in [0, 0.05) is 13.1 Å². The lowest BCUT2D eigenvalue weighted by atomic mass is 10.2. The van der Waals surface area contributed by atoms with Gasteiger partial charge in [-0.3, -0.25) is 10.1 Å². The minimum absolute atomic E-state index is 0.0188. The van der Waals surface area contributed by atoms with E-state index in [9.17, 15) is 18.4 Å². The van der Waals surface area contributed by atoms with Crippen molar-refractivity contribution < 1.29 is 23.1 Å². The standard InChI is InChI=1S/C27H32F2N6O3S/c1-27(2,3)38-26(37)33-24-21(32-23(39-24)20-17(28)9-8-10-18(20)29)22(36)31-19-15-30-35(16-11-12-16)25(19)34-13-6-4-5-7-14-34/h8-10,15-16H,4-7,11-14H2,1-3H3,(H,31,36)(H,33,37). The van der Waals surface area contributed by atoms with Crippen LogP contribution in [0.15, 0.2) is 24.4 Å². The molecule has 2 aliphatic rings. The molecule has 39 heavy (non-hydrogen) atoms. The van der Waals surface area contributed by atoms with Crippen LogP contribution >= 0.6 is 11.3 Å². The van der Waals surface area contributed by atoms with Gasteiger partial charge in [0.15, 0.2) is 11.5 Å². The third-order valence-corrected chi connectivity index (χ3v) is 7.44. The van der Waals surface area contributed by atoms with Crippen LogP contribution in [0.4, 0.5) is 30.1 Å². The molecule has 0 spiro atoms. The molecule has 12 heteroatoms. The average molecular weight is 559 g/mol. The van der Waals surface area contributed by atoms with Crippen molar-refractivity contribution in [1.82, 2.24) is 14.8 Å². The Kier molecular flexibility index (Phi) is 7.57. The van der Waals surface area contributed by atoms with Gasteiger partial charge in [-0.25, -0.2) is 23.2 Å². The summed E-state index contributed by atoms with van der Waals surface area (Å²) in [6.07, 6.45) is 7.29. The maximum Gasteiger partial charge on any atom is 0.412 e. The Morgan fingerprint density at radius 2 is 1.72 bits per heavy atom. The largest absolute Gasteiger partial charge is 0.444 e. The Hall–Kier alpha value is -3.54.